The van der Waals surface area contributed by atoms with Gasteiger partial charge < -0.3 is 10.1 Å². The molecule has 0 saturated carbocycles. The minimum Gasteiger partial charge on any atom is -0.378 e. The second-order valence-electron chi connectivity index (χ2n) is 5.30. The molecule has 0 spiro atoms. The van der Waals surface area contributed by atoms with Crippen molar-refractivity contribution in [1.82, 2.24) is 0 Å². The number of hydrogen-bond acceptors (Lipinski definition) is 2. The van der Waals surface area contributed by atoms with Crippen LogP contribution in [0.1, 0.15) is 29.8 Å². The van der Waals surface area contributed by atoms with Crippen molar-refractivity contribution in [3.63, 3.8) is 0 Å². The monoisotopic (exact) mass is 299 g/mol. The van der Waals surface area contributed by atoms with E-state index in [1.807, 2.05) is 6.07 Å². The van der Waals surface area contributed by atoms with Crippen LogP contribution < -0.4 is 5.32 Å². The van der Waals surface area contributed by atoms with Gasteiger partial charge in [0.05, 0.1) is 24.5 Å². The first-order valence-electron chi connectivity index (χ1n) is 6.42. The average Bonchev–Trinajstić information content (AvgIpc) is 2.92. The zero-order valence-electron chi connectivity index (χ0n) is 10.6. The van der Waals surface area contributed by atoms with E-state index in [0.717, 1.165) is 23.2 Å². The van der Waals surface area contributed by atoms with Crippen molar-refractivity contribution in [3.8, 4) is 0 Å². The van der Waals surface area contributed by atoms with Gasteiger partial charge in [-0.25, -0.2) is 0 Å². The number of carbonyl (C=O) groups excluding carboxylic acids is 1. The van der Waals surface area contributed by atoms with E-state index in [4.69, 9.17) is 27.9 Å². The number of anilines is 1. The van der Waals surface area contributed by atoms with E-state index < -0.39 is 0 Å². The van der Waals surface area contributed by atoms with Gasteiger partial charge in [-0.3, -0.25) is 4.79 Å². The molecular formula is C14H15Cl2NO2. The highest BCUT2D eigenvalue weighted by Gasteiger charge is 2.31. The molecule has 3 unspecified atom stereocenters. The Balaban J connectivity index is 1.89. The maximum Gasteiger partial charge on any atom is 0.228 e. The van der Waals surface area contributed by atoms with Gasteiger partial charge in [-0.15, -0.1) is 11.6 Å². The first kappa shape index (κ1) is 13.2. The molecule has 102 valence electrons. The van der Waals surface area contributed by atoms with Gasteiger partial charge in [-0.05, 0) is 30.5 Å². The number of ether oxygens (including phenoxy) is 1. The molecule has 1 fully saturated rings. The van der Waals surface area contributed by atoms with E-state index in [9.17, 15) is 4.79 Å². The molecule has 3 atom stereocenters. The normalized spacial score (nSPS) is 27.2. The van der Waals surface area contributed by atoms with Crippen molar-refractivity contribution in [3.05, 3.63) is 28.3 Å². The minimum atomic E-state index is -0.168. The van der Waals surface area contributed by atoms with Crippen molar-refractivity contribution in [1.29, 1.82) is 0 Å². The summed E-state index contributed by atoms with van der Waals surface area (Å²) in [4.78, 5) is 11.4. The van der Waals surface area contributed by atoms with E-state index in [0.29, 0.717) is 18.1 Å². The smallest absolute Gasteiger partial charge is 0.228 e. The van der Waals surface area contributed by atoms with E-state index >= 15 is 0 Å². The Morgan fingerprint density at radius 3 is 2.95 bits per heavy atom. The average molecular weight is 300 g/mol. The second-order valence-corrected chi connectivity index (χ2v) is 6.17. The highest BCUT2D eigenvalue weighted by atomic mass is 35.5. The molecule has 3 nitrogen and oxygen atoms in total. The van der Waals surface area contributed by atoms with Crippen LogP contribution in [-0.2, 0) is 16.0 Å². The molecule has 5 heteroatoms. The Kier molecular flexibility index (Phi) is 3.46. The van der Waals surface area contributed by atoms with E-state index in [1.54, 1.807) is 6.07 Å². The van der Waals surface area contributed by atoms with Crippen LogP contribution in [0.3, 0.4) is 0 Å². The Bertz CT molecular complexity index is 532. The summed E-state index contributed by atoms with van der Waals surface area (Å²) in [5.74, 6) is 0.282. The number of alkyl halides is 1. The predicted molar refractivity (Wildman–Crippen MR) is 75.9 cm³/mol. The Hall–Kier alpha value is -0.770. The van der Waals surface area contributed by atoms with Crippen LogP contribution >= 0.6 is 23.2 Å². The molecule has 1 amide bonds. The summed E-state index contributed by atoms with van der Waals surface area (Å²) in [6, 6.07) is 3.75. The molecule has 1 aromatic rings. The van der Waals surface area contributed by atoms with Gasteiger partial charge in [0.1, 0.15) is 0 Å². The number of halogens is 2. The zero-order chi connectivity index (χ0) is 13.6. The maximum absolute atomic E-state index is 11.4. The van der Waals surface area contributed by atoms with Crippen LogP contribution in [0.15, 0.2) is 12.1 Å². The molecule has 1 aromatic carbocycles. The fourth-order valence-electron chi connectivity index (χ4n) is 2.79. The fourth-order valence-corrected chi connectivity index (χ4v) is 3.48. The first-order chi connectivity index (χ1) is 9.04. The van der Waals surface area contributed by atoms with Crippen LogP contribution in [0.5, 0.6) is 0 Å². The van der Waals surface area contributed by atoms with Gasteiger partial charge in [-0.1, -0.05) is 17.7 Å². The van der Waals surface area contributed by atoms with E-state index in [-0.39, 0.29) is 23.3 Å². The standard InChI is InChI=1S/C14H15Cl2NO2/c1-7-2-9(6-19-7)14(16)10-3-8-4-13(18)17-12(8)5-11(10)15/h3,5,7,9,14H,2,4,6H2,1H3,(H,17,18). The highest BCUT2D eigenvalue weighted by Crippen LogP contribution is 2.41. The molecule has 2 heterocycles. The number of hydrogen-bond donors (Lipinski definition) is 1. The molecule has 2 aliphatic rings. The third-order valence-corrected chi connectivity index (χ3v) is 4.71. The summed E-state index contributed by atoms with van der Waals surface area (Å²) >= 11 is 12.8. The molecule has 2 aliphatic heterocycles. The largest absolute Gasteiger partial charge is 0.378 e. The Labute approximate surface area is 122 Å². The van der Waals surface area contributed by atoms with Crippen LogP contribution in [0.4, 0.5) is 5.69 Å². The predicted octanol–water partition coefficient (Wildman–Crippen LogP) is 3.54. The molecule has 0 aromatic heterocycles. The fraction of sp³-hybridized carbons (Fsp3) is 0.500. The van der Waals surface area contributed by atoms with Crippen molar-refractivity contribution < 1.29 is 9.53 Å². The Morgan fingerprint density at radius 2 is 2.26 bits per heavy atom. The molecule has 0 bridgehead atoms. The molecular weight excluding hydrogens is 285 g/mol. The minimum absolute atomic E-state index is 0.00663. The van der Waals surface area contributed by atoms with Crippen LogP contribution in [0.2, 0.25) is 5.02 Å². The summed E-state index contributed by atoms with van der Waals surface area (Å²) in [5.41, 5.74) is 2.68. The lowest BCUT2D eigenvalue weighted by Gasteiger charge is -2.18. The summed E-state index contributed by atoms with van der Waals surface area (Å²) in [6.45, 7) is 2.72. The van der Waals surface area contributed by atoms with Crippen LogP contribution in [0.25, 0.3) is 0 Å². The summed E-state index contributed by atoms with van der Waals surface area (Å²) in [6.07, 6.45) is 1.60. The van der Waals surface area contributed by atoms with E-state index in [2.05, 4.69) is 12.2 Å². The Morgan fingerprint density at radius 1 is 1.47 bits per heavy atom. The number of nitrogens with one attached hydrogen (secondary N) is 1. The lowest BCUT2D eigenvalue weighted by molar-refractivity contribution is -0.115. The van der Waals surface area contributed by atoms with Crippen LogP contribution in [0, 0.1) is 5.92 Å². The summed E-state index contributed by atoms with van der Waals surface area (Å²) < 4.78 is 5.56. The number of fused-ring (bicyclic) bond motifs is 1. The van der Waals surface area contributed by atoms with Crippen molar-refractivity contribution >= 4 is 34.8 Å². The quantitative estimate of drug-likeness (QED) is 0.848. The van der Waals surface area contributed by atoms with Gasteiger partial charge in [0, 0.05) is 16.6 Å². The highest BCUT2D eigenvalue weighted by molar-refractivity contribution is 6.33. The molecule has 0 radical (unpaired) electrons. The van der Waals surface area contributed by atoms with Crippen molar-refractivity contribution in [2.75, 3.05) is 11.9 Å². The molecule has 19 heavy (non-hydrogen) atoms. The van der Waals surface area contributed by atoms with Gasteiger partial charge in [0.15, 0.2) is 0 Å². The van der Waals surface area contributed by atoms with Gasteiger partial charge in [0.25, 0.3) is 0 Å². The van der Waals surface area contributed by atoms with Crippen molar-refractivity contribution in [2.24, 2.45) is 5.92 Å². The van der Waals surface area contributed by atoms with Crippen molar-refractivity contribution in [2.45, 2.75) is 31.2 Å². The lowest BCUT2D eigenvalue weighted by atomic mass is 9.94. The van der Waals surface area contributed by atoms with Gasteiger partial charge in [0.2, 0.25) is 5.91 Å². The molecule has 1 saturated heterocycles. The SMILES string of the molecule is CC1CC(C(Cl)c2cc3c(cc2Cl)NC(=O)C3)CO1. The van der Waals surface area contributed by atoms with E-state index in [1.165, 1.54) is 0 Å². The third-order valence-electron chi connectivity index (χ3n) is 3.79. The second kappa shape index (κ2) is 4.97. The molecule has 1 N–H and O–H groups in total. The van der Waals surface area contributed by atoms with Gasteiger partial charge in [-0.2, -0.15) is 0 Å². The topological polar surface area (TPSA) is 38.3 Å². The molecule has 3 rings (SSSR count). The summed E-state index contributed by atoms with van der Waals surface area (Å²) in [7, 11) is 0. The third kappa shape index (κ3) is 2.47. The summed E-state index contributed by atoms with van der Waals surface area (Å²) in [5, 5.41) is 3.23. The number of rotatable bonds is 2. The zero-order valence-corrected chi connectivity index (χ0v) is 12.1. The first-order valence-corrected chi connectivity index (χ1v) is 7.24. The number of amides is 1. The van der Waals surface area contributed by atoms with Crippen LogP contribution in [-0.4, -0.2) is 18.6 Å². The number of benzene rings is 1. The van der Waals surface area contributed by atoms with Gasteiger partial charge >= 0.3 is 0 Å². The number of carbonyl (C=O) groups is 1. The maximum atomic E-state index is 11.4. The molecule has 0 aliphatic carbocycles. The lowest BCUT2D eigenvalue weighted by Crippen LogP contribution is -2.09.